The lowest BCUT2D eigenvalue weighted by atomic mass is 9.86. The van der Waals surface area contributed by atoms with E-state index >= 15 is 0 Å². The molecule has 3 aromatic rings. The molecule has 2 fully saturated rings. The number of imidazole rings is 1. The summed E-state index contributed by atoms with van der Waals surface area (Å²) in [6.07, 6.45) is 1.80. The van der Waals surface area contributed by atoms with Gasteiger partial charge in [-0.3, -0.25) is 4.57 Å². The van der Waals surface area contributed by atoms with Gasteiger partial charge in [0.15, 0.2) is 11.5 Å². The first-order valence-electron chi connectivity index (χ1n) is 12.6. The van der Waals surface area contributed by atoms with Gasteiger partial charge in [0.05, 0.1) is 17.4 Å². The topological polar surface area (TPSA) is 103 Å². The van der Waals surface area contributed by atoms with Crippen molar-refractivity contribution in [2.45, 2.75) is 63.2 Å². The van der Waals surface area contributed by atoms with Gasteiger partial charge in [0.25, 0.3) is 0 Å². The smallest absolute Gasteiger partial charge is 0.381 e. The van der Waals surface area contributed by atoms with Gasteiger partial charge in [-0.25, -0.2) is 14.4 Å². The maximum Gasteiger partial charge on any atom is 0.419 e. The van der Waals surface area contributed by atoms with Crippen molar-refractivity contribution in [1.82, 2.24) is 19.5 Å². The van der Waals surface area contributed by atoms with Gasteiger partial charge in [0.1, 0.15) is 5.52 Å². The second-order valence-electron chi connectivity index (χ2n) is 10.2. The Kier molecular flexibility index (Phi) is 6.97. The number of nitrogens with one attached hydrogen (secondary N) is 2. The van der Waals surface area contributed by atoms with E-state index < -0.39 is 17.6 Å². The molecule has 0 radical (unpaired) electrons. The Labute approximate surface area is 212 Å². The molecule has 8 nitrogen and oxygen atoms in total. The first kappa shape index (κ1) is 25.7. The maximum absolute atomic E-state index is 14.9. The van der Waals surface area contributed by atoms with Crippen LogP contribution in [0.1, 0.15) is 57.1 Å². The minimum absolute atomic E-state index is 0.0226. The summed E-state index contributed by atoms with van der Waals surface area (Å²) < 4.78 is 62.2. The molecule has 1 aromatic carbocycles. The first-order valence-corrected chi connectivity index (χ1v) is 12.6. The predicted octanol–water partition coefficient (Wildman–Crippen LogP) is 5.40. The lowest BCUT2D eigenvalue weighted by molar-refractivity contribution is -0.139. The highest BCUT2D eigenvalue weighted by atomic mass is 19.4. The Morgan fingerprint density at radius 3 is 2.54 bits per heavy atom. The molecule has 200 valence electrons. The molecule has 1 aliphatic carbocycles. The number of rotatable bonds is 6. The van der Waals surface area contributed by atoms with Crippen molar-refractivity contribution >= 4 is 28.7 Å². The summed E-state index contributed by atoms with van der Waals surface area (Å²) in [4.78, 5) is 13.8. The molecule has 1 aliphatic heterocycles. The molecular weight excluding hydrogens is 490 g/mol. The molecule has 2 aromatic heterocycles. The van der Waals surface area contributed by atoms with Crippen molar-refractivity contribution in [3.05, 3.63) is 35.8 Å². The molecule has 4 N–H and O–H groups in total. The van der Waals surface area contributed by atoms with Gasteiger partial charge < -0.3 is 21.1 Å². The summed E-state index contributed by atoms with van der Waals surface area (Å²) in [7, 11) is 0. The number of ether oxygens (including phenoxy) is 1. The van der Waals surface area contributed by atoms with Gasteiger partial charge in [-0.15, -0.1) is 0 Å². The van der Waals surface area contributed by atoms with Crippen LogP contribution in [0.4, 0.5) is 35.1 Å². The highest BCUT2D eigenvalue weighted by Crippen LogP contribution is 2.39. The van der Waals surface area contributed by atoms with Crippen molar-refractivity contribution in [1.29, 1.82) is 0 Å². The van der Waals surface area contributed by atoms with Crippen LogP contribution in [0.25, 0.3) is 11.2 Å². The minimum atomic E-state index is -4.81. The standard InChI is InChI=1S/C25H31F4N7O/c1-24(9-11-37-12-10-24)35-22-31-14-19-21(34-22)36(16-7-5-15(13-30)6-8-16)23(33-19)32-18-4-2-3-17(20(18)26)25(27,28)29/h2-4,14-16H,5-13,30H2,1H3,(H,32,33)(H,31,34,35)/t15-,16-. The van der Waals surface area contributed by atoms with Gasteiger partial charge in [-0.05, 0) is 70.0 Å². The molecule has 0 bridgehead atoms. The lowest BCUT2D eigenvalue weighted by Crippen LogP contribution is -2.41. The van der Waals surface area contributed by atoms with Crippen LogP contribution in [-0.4, -0.2) is 44.8 Å². The maximum atomic E-state index is 14.9. The average molecular weight is 522 g/mol. The van der Waals surface area contributed by atoms with Crippen LogP contribution in [0.3, 0.4) is 0 Å². The SMILES string of the molecule is CC1(Nc2ncc3nc(Nc4cccc(C(F)(F)F)c4F)n([C@H]4CC[C@H](CN)CC4)c3n2)CCOCC1. The molecule has 5 rings (SSSR count). The fourth-order valence-electron chi connectivity index (χ4n) is 5.21. The van der Waals surface area contributed by atoms with Crippen LogP contribution in [-0.2, 0) is 10.9 Å². The van der Waals surface area contributed by atoms with E-state index in [1.807, 2.05) is 4.57 Å². The Bertz CT molecular complexity index is 1250. The van der Waals surface area contributed by atoms with Crippen molar-refractivity contribution in [3.63, 3.8) is 0 Å². The third-order valence-corrected chi connectivity index (χ3v) is 7.51. The van der Waals surface area contributed by atoms with E-state index in [1.165, 1.54) is 12.1 Å². The number of aromatic nitrogens is 4. The zero-order valence-corrected chi connectivity index (χ0v) is 20.6. The zero-order chi connectivity index (χ0) is 26.2. The molecule has 1 saturated carbocycles. The molecule has 0 spiro atoms. The van der Waals surface area contributed by atoms with Gasteiger partial charge in [0.2, 0.25) is 11.9 Å². The number of nitrogens with two attached hydrogens (primary N) is 1. The Balaban J connectivity index is 1.54. The van der Waals surface area contributed by atoms with Crippen molar-refractivity contribution in [2.75, 3.05) is 30.4 Å². The largest absolute Gasteiger partial charge is 0.419 e. The molecule has 12 heteroatoms. The van der Waals surface area contributed by atoms with Gasteiger partial charge in [0, 0.05) is 24.8 Å². The van der Waals surface area contributed by atoms with Crippen molar-refractivity contribution < 1.29 is 22.3 Å². The second kappa shape index (κ2) is 10.1. The molecule has 0 amide bonds. The summed E-state index contributed by atoms with van der Waals surface area (Å²) in [5.41, 5.74) is 5.03. The van der Waals surface area contributed by atoms with Crippen LogP contribution in [0.2, 0.25) is 0 Å². The van der Waals surface area contributed by atoms with Crippen LogP contribution in [0.5, 0.6) is 0 Å². The quantitative estimate of drug-likeness (QED) is 0.373. The number of fused-ring (bicyclic) bond motifs is 1. The van der Waals surface area contributed by atoms with E-state index in [0.717, 1.165) is 44.6 Å². The fraction of sp³-hybridized carbons (Fsp3) is 0.560. The van der Waals surface area contributed by atoms with Crippen molar-refractivity contribution in [2.24, 2.45) is 11.7 Å². The highest BCUT2D eigenvalue weighted by molar-refractivity contribution is 5.77. The van der Waals surface area contributed by atoms with Crippen LogP contribution in [0, 0.1) is 11.7 Å². The Morgan fingerprint density at radius 2 is 1.86 bits per heavy atom. The van der Waals surface area contributed by atoms with E-state index in [4.69, 9.17) is 15.5 Å². The van der Waals surface area contributed by atoms with E-state index in [2.05, 4.69) is 27.5 Å². The predicted molar refractivity (Wildman–Crippen MR) is 132 cm³/mol. The van der Waals surface area contributed by atoms with E-state index in [9.17, 15) is 17.6 Å². The zero-order valence-electron chi connectivity index (χ0n) is 20.6. The van der Waals surface area contributed by atoms with Gasteiger partial charge >= 0.3 is 6.18 Å². The minimum Gasteiger partial charge on any atom is -0.381 e. The lowest BCUT2D eigenvalue weighted by Gasteiger charge is -2.34. The molecule has 37 heavy (non-hydrogen) atoms. The Hall–Kier alpha value is -2.99. The van der Waals surface area contributed by atoms with Gasteiger partial charge in [-0.2, -0.15) is 18.2 Å². The second-order valence-corrected chi connectivity index (χ2v) is 10.2. The number of anilines is 3. The van der Waals surface area contributed by atoms with Crippen LogP contribution < -0.4 is 16.4 Å². The molecule has 1 saturated heterocycles. The molecule has 3 heterocycles. The van der Waals surface area contributed by atoms with E-state index in [0.29, 0.717) is 42.8 Å². The number of hydrogen-bond acceptors (Lipinski definition) is 7. The number of alkyl halides is 3. The summed E-state index contributed by atoms with van der Waals surface area (Å²) in [6, 6.07) is 3.14. The number of halogens is 4. The molecular formula is C25H31F4N7O. The molecule has 0 atom stereocenters. The summed E-state index contributed by atoms with van der Waals surface area (Å²) in [6.45, 7) is 3.99. The van der Waals surface area contributed by atoms with Crippen LogP contribution in [0.15, 0.2) is 24.4 Å². The molecule has 2 aliphatic rings. The van der Waals surface area contributed by atoms with Crippen molar-refractivity contribution in [3.8, 4) is 0 Å². The average Bonchev–Trinajstić information content (AvgIpc) is 3.22. The van der Waals surface area contributed by atoms with E-state index in [-0.39, 0.29) is 23.2 Å². The monoisotopic (exact) mass is 521 g/mol. The summed E-state index contributed by atoms with van der Waals surface area (Å²) in [5.74, 6) is -0.288. The third-order valence-electron chi connectivity index (χ3n) is 7.51. The summed E-state index contributed by atoms with van der Waals surface area (Å²) in [5, 5.41) is 6.24. The number of nitrogens with zero attached hydrogens (tertiary/aromatic N) is 4. The van der Waals surface area contributed by atoms with E-state index in [1.54, 1.807) is 6.20 Å². The van der Waals surface area contributed by atoms with Gasteiger partial charge in [-0.1, -0.05) is 6.07 Å². The normalized spacial score (nSPS) is 22.2. The highest BCUT2D eigenvalue weighted by Gasteiger charge is 2.35. The third kappa shape index (κ3) is 5.35. The first-order chi connectivity index (χ1) is 17.7. The summed E-state index contributed by atoms with van der Waals surface area (Å²) >= 11 is 0. The number of benzene rings is 1. The number of hydrogen-bond donors (Lipinski definition) is 3. The molecule has 0 unspecified atom stereocenters. The van der Waals surface area contributed by atoms with Crippen LogP contribution >= 0.6 is 0 Å². The Morgan fingerprint density at radius 1 is 1.14 bits per heavy atom. The fourth-order valence-corrected chi connectivity index (χ4v) is 5.21.